The van der Waals surface area contributed by atoms with Gasteiger partial charge in [-0.3, -0.25) is 14.5 Å². The third-order valence-corrected chi connectivity index (χ3v) is 5.07. The number of fused-ring (bicyclic) bond motifs is 1. The number of aryl methyl sites for hydroxylation is 1. The quantitative estimate of drug-likeness (QED) is 0.457. The van der Waals surface area contributed by atoms with E-state index >= 15 is 0 Å². The normalized spacial score (nSPS) is 15.0. The number of hydrogen-bond acceptors (Lipinski definition) is 7. The number of halogens is 1. The van der Waals surface area contributed by atoms with Crippen LogP contribution in [0.25, 0.3) is 11.4 Å². The highest BCUT2D eigenvalue weighted by atomic mass is 19.1. The molecule has 2 unspecified atom stereocenters. The molecule has 0 radical (unpaired) electrons. The molecule has 0 fully saturated rings. The van der Waals surface area contributed by atoms with Crippen LogP contribution in [0.15, 0.2) is 47.0 Å². The van der Waals surface area contributed by atoms with Crippen LogP contribution in [0.4, 0.5) is 4.39 Å². The molecule has 0 aliphatic carbocycles. The van der Waals surface area contributed by atoms with Gasteiger partial charge >= 0.3 is 5.97 Å². The summed E-state index contributed by atoms with van der Waals surface area (Å²) in [5.74, 6) is -2.18. The Hall–Kier alpha value is -3.88. The fourth-order valence-electron chi connectivity index (χ4n) is 3.24. The molecule has 158 valence electrons. The van der Waals surface area contributed by atoms with Gasteiger partial charge in [-0.05, 0) is 44.5 Å². The van der Waals surface area contributed by atoms with Crippen LogP contribution in [0.1, 0.15) is 52.1 Å². The molecule has 0 saturated heterocycles. The summed E-state index contributed by atoms with van der Waals surface area (Å²) in [5.41, 5.74) is 1.38. The lowest BCUT2D eigenvalue weighted by atomic mass is 10.1. The van der Waals surface area contributed by atoms with Crippen molar-refractivity contribution in [2.75, 3.05) is 0 Å². The summed E-state index contributed by atoms with van der Waals surface area (Å²) >= 11 is 0. The van der Waals surface area contributed by atoms with Gasteiger partial charge in [0.15, 0.2) is 6.10 Å². The van der Waals surface area contributed by atoms with Gasteiger partial charge < -0.3 is 9.26 Å². The number of nitrogens with zero attached hydrogens (tertiary/aromatic N) is 3. The summed E-state index contributed by atoms with van der Waals surface area (Å²) in [4.78, 5) is 42.7. The van der Waals surface area contributed by atoms with Gasteiger partial charge in [0.1, 0.15) is 11.9 Å². The summed E-state index contributed by atoms with van der Waals surface area (Å²) in [7, 11) is 0. The van der Waals surface area contributed by atoms with E-state index in [1.54, 1.807) is 31.2 Å². The highest BCUT2D eigenvalue weighted by molar-refractivity contribution is 6.22. The minimum Gasteiger partial charge on any atom is -0.451 e. The van der Waals surface area contributed by atoms with E-state index in [0.717, 1.165) is 4.90 Å². The average molecular weight is 423 g/mol. The third-order valence-electron chi connectivity index (χ3n) is 5.07. The van der Waals surface area contributed by atoms with Crippen LogP contribution in [0.3, 0.4) is 0 Å². The molecule has 0 saturated carbocycles. The SMILES string of the molecule is Cc1ccc(-c2noc(C(C)OC(=O)C(C)N3C(=O)c4ccccc4C3=O)n2)cc1F. The Bertz CT molecular complexity index is 1170. The highest BCUT2D eigenvalue weighted by Crippen LogP contribution is 2.27. The topological polar surface area (TPSA) is 103 Å². The van der Waals surface area contributed by atoms with Gasteiger partial charge in [0.05, 0.1) is 11.1 Å². The van der Waals surface area contributed by atoms with Crippen molar-refractivity contribution in [2.24, 2.45) is 0 Å². The molecule has 4 rings (SSSR count). The van der Waals surface area contributed by atoms with Crippen LogP contribution in [0, 0.1) is 12.7 Å². The molecular formula is C22H18FN3O5. The number of rotatable bonds is 5. The van der Waals surface area contributed by atoms with Crippen molar-refractivity contribution in [2.45, 2.75) is 32.9 Å². The molecule has 0 N–H and O–H groups in total. The summed E-state index contributed by atoms with van der Waals surface area (Å²) in [5, 5.41) is 3.80. The van der Waals surface area contributed by atoms with Crippen LogP contribution < -0.4 is 0 Å². The van der Waals surface area contributed by atoms with Crippen molar-refractivity contribution >= 4 is 17.8 Å². The lowest BCUT2D eigenvalue weighted by Crippen LogP contribution is -2.43. The number of ether oxygens (including phenoxy) is 1. The fourth-order valence-corrected chi connectivity index (χ4v) is 3.24. The number of amides is 2. The Morgan fingerprint density at radius 3 is 2.35 bits per heavy atom. The van der Waals surface area contributed by atoms with Crippen LogP contribution >= 0.6 is 0 Å². The third kappa shape index (κ3) is 3.58. The lowest BCUT2D eigenvalue weighted by molar-refractivity contribution is -0.154. The second kappa shape index (κ2) is 7.75. The van der Waals surface area contributed by atoms with Gasteiger partial charge in [-0.2, -0.15) is 4.98 Å². The first-order valence-corrected chi connectivity index (χ1v) is 9.55. The maximum atomic E-state index is 13.8. The highest BCUT2D eigenvalue weighted by Gasteiger charge is 2.41. The summed E-state index contributed by atoms with van der Waals surface area (Å²) in [6, 6.07) is 9.72. The molecule has 2 amide bonds. The molecule has 9 heteroatoms. The second-order valence-corrected chi connectivity index (χ2v) is 7.20. The number of carbonyl (C=O) groups is 3. The Balaban J connectivity index is 1.47. The number of hydrogen-bond donors (Lipinski definition) is 0. The van der Waals surface area contributed by atoms with Crippen molar-refractivity contribution in [3.8, 4) is 11.4 Å². The maximum absolute atomic E-state index is 13.8. The number of benzene rings is 2. The van der Waals surface area contributed by atoms with Crippen LogP contribution in [-0.4, -0.2) is 38.9 Å². The molecule has 8 nitrogen and oxygen atoms in total. The van der Waals surface area contributed by atoms with Crippen LogP contribution in [0.5, 0.6) is 0 Å². The first-order valence-electron chi connectivity index (χ1n) is 9.55. The summed E-state index contributed by atoms with van der Waals surface area (Å²) in [6.07, 6.45) is -0.943. The van der Waals surface area contributed by atoms with Crippen molar-refractivity contribution in [3.63, 3.8) is 0 Å². The molecule has 1 aromatic heterocycles. The van der Waals surface area contributed by atoms with E-state index in [4.69, 9.17) is 9.26 Å². The largest absolute Gasteiger partial charge is 0.451 e. The standard InChI is InChI=1S/C22H18FN3O5/c1-11-8-9-14(10-17(11)23)18-24-19(31-25-18)13(3)30-22(29)12(2)26-20(27)15-6-4-5-7-16(15)21(26)28/h4-10,12-13H,1-3H3. The van der Waals surface area contributed by atoms with Crippen molar-refractivity contribution in [3.05, 3.63) is 70.9 Å². The van der Waals surface area contributed by atoms with Gasteiger partial charge in [-0.1, -0.05) is 29.4 Å². The van der Waals surface area contributed by atoms with Gasteiger partial charge in [0, 0.05) is 5.56 Å². The van der Waals surface area contributed by atoms with E-state index in [1.165, 1.54) is 32.0 Å². The van der Waals surface area contributed by atoms with Gasteiger partial charge in [0.2, 0.25) is 5.82 Å². The lowest BCUT2D eigenvalue weighted by Gasteiger charge is -2.22. The van der Waals surface area contributed by atoms with Crippen LogP contribution in [0.2, 0.25) is 0 Å². The first kappa shape index (κ1) is 20.4. The van der Waals surface area contributed by atoms with Gasteiger partial charge in [0.25, 0.3) is 17.7 Å². The Labute approximate surface area is 176 Å². The number of esters is 1. The molecule has 3 aromatic rings. The Morgan fingerprint density at radius 2 is 1.74 bits per heavy atom. The number of carbonyl (C=O) groups excluding carboxylic acids is 3. The zero-order chi connectivity index (χ0) is 22.3. The molecular weight excluding hydrogens is 405 g/mol. The van der Waals surface area contributed by atoms with Gasteiger partial charge in [-0.15, -0.1) is 0 Å². The predicted molar refractivity (Wildman–Crippen MR) is 105 cm³/mol. The summed E-state index contributed by atoms with van der Waals surface area (Å²) in [6.45, 7) is 4.56. The zero-order valence-electron chi connectivity index (χ0n) is 17.0. The molecule has 0 spiro atoms. The second-order valence-electron chi connectivity index (χ2n) is 7.20. The Morgan fingerprint density at radius 1 is 1.10 bits per heavy atom. The smallest absolute Gasteiger partial charge is 0.329 e. The van der Waals surface area contributed by atoms with E-state index in [1.807, 2.05) is 0 Å². The van der Waals surface area contributed by atoms with Crippen molar-refractivity contribution in [1.29, 1.82) is 0 Å². The predicted octanol–water partition coefficient (Wildman–Crippen LogP) is 3.47. The number of aromatic nitrogens is 2. The zero-order valence-corrected chi connectivity index (χ0v) is 17.0. The van der Waals surface area contributed by atoms with E-state index in [9.17, 15) is 18.8 Å². The monoisotopic (exact) mass is 423 g/mol. The van der Waals surface area contributed by atoms with Crippen molar-refractivity contribution < 1.29 is 28.0 Å². The van der Waals surface area contributed by atoms with Crippen LogP contribution in [-0.2, 0) is 9.53 Å². The molecule has 1 aliphatic heterocycles. The molecule has 2 aromatic carbocycles. The minimum atomic E-state index is -1.15. The van der Waals surface area contributed by atoms with E-state index < -0.39 is 35.7 Å². The molecule has 2 atom stereocenters. The number of imide groups is 1. The van der Waals surface area contributed by atoms with Gasteiger partial charge in [-0.25, -0.2) is 9.18 Å². The maximum Gasteiger partial charge on any atom is 0.329 e. The molecule has 1 aliphatic rings. The minimum absolute atomic E-state index is 0.00102. The van der Waals surface area contributed by atoms with E-state index in [-0.39, 0.29) is 22.8 Å². The summed E-state index contributed by atoms with van der Waals surface area (Å²) < 4.78 is 24.3. The fraction of sp³-hybridized carbons (Fsp3) is 0.227. The first-order chi connectivity index (χ1) is 14.8. The average Bonchev–Trinajstić information content (AvgIpc) is 3.34. The van der Waals surface area contributed by atoms with E-state index in [2.05, 4.69) is 10.1 Å². The molecule has 31 heavy (non-hydrogen) atoms. The molecule has 0 bridgehead atoms. The Kier molecular flexibility index (Phi) is 5.10. The van der Waals surface area contributed by atoms with Crippen molar-refractivity contribution in [1.82, 2.24) is 15.0 Å². The molecule has 2 heterocycles. The van der Waals surface area contributed by atoms with E-state index in [0.29, 0.717) is 11.1 Å².